The molecule has 0 amide bonds. The van der Waals surface area contributed by atoms with E-state index in [1.807, 2.05) is 46.8 Å². The Hall–Kier alpha value is -3.06. The molecule has 0 saturated carbocycles. The smallest absolute Gasteiger partial charge is 0.162 e. The van der Waals surface area contributed by atoms with Gasteiger partial charge in [-0.05, 0) is 50.2 Å². The zero-order valence-electron chi connectivity index (χ0n) is 27.0. The van der Waals surface area contributed by atoms with Crippen molar-refractivity contribution in [3.8, 4) is 11.3 Å². The molecule has 0 fully saturated rings. The van der Waals surface area contributed by atoms with Crippen molar-refractivity contribution in [1.82, 2.24) is 18.7 Å². The molecule has 44 heavy (non-hydrogen) atoms. The molecule has 0 unspecified atom stereocenters. The number of carbonyl (C=O) groups is 1. The molecule has 1 radical (unpaired) electrons. The van der Waals surface area contributed by atoms with Gasteiger partial charge in [0.25, 0.3) is 0 Å². The van der Waals surface area contributed by atoms with Gasteiger partial charge in [-0.3, -0.25) is 14.8 Å². The van der Waals surface area contributed by atoms with E-state index in [4.69, 9.17) is 9.97 Å². The number of ketones is 1. The van der Waals surface area contributed by atoms with Crippen molar-refractivity contribution in [2.45, 2.75) is 86.5 Å². The Labute approximate surface area is 279 Å². The van der Waals surface area contributed by atoms with Gasteiger partial charge in [0.1, 0.15) is 11.0 Å². The Kier molecular flexibility index (Phi) is 12.3. The van der Waals surface area contributed by atoms with Gasteiger partial charge in [-0.15, -0.1) is 29.1 Å². The summed E-state index contributed by atoms with van der Waals surface area (Å²) in [5.74, 6) is 0.547. The van der Waals surface area contributed by atoms with Crippen LogP contribution in [0.5, 0.6) is 0 Å². The maximum absolute atomic E-state index is 11.7. The molecule has 235 valence electrons. The van der Waals surface area contributed by atoms with Crippen LogP contribution in [-0.4, -0.2) is 29.6 Å². The molecular weight excluding hydrogens is 745 g/mol. The van der Waals surface area contributed by atoms with E-state index < -0.39 is 0 Å². The van der Waals surface area contributed by atoms with Crippen molar-refractivity contribution in [3.63, 3.8) is 0 Å². The number of aliphatic hydroxyl groups is 1. The van der Waals surface area contributed by atoms with Gasteiger partial charge in [-0.1, -0.05) is 77.6 Å². The predicted molar refractivity (Wildman–Crippen MR) is 180 cm³/mol. The molecule has 0 aliphatic rings. The van der Waals surface area contributed by atoms with Gasteiger partial charge in [-0.25, -0.2) is 0 Å². The van der Waals surface area contributed by atoms with Gasteiger partial charge in [0, 0.05) is 49.4 Å². The molecule has 0 bridgehead atoms. The van der Waals surface area contributed by atoms with Crippen LogP contribution in [0.2, 0.25) is 0 Å². The standard InChI is InChI=1S/C23H19N4S.C13H24O2.Ir/c1-13-22(25-19-12-21-20(26-28-27-21)11-18(19)24-13)15-9-14-7-5-6-8-16(14)17(10-15)23(2,3)4;1-5-10(6-2)12(14)9-13(15)11(7-3)8-4;/h5-8,10-12H,1-4H3;9-11,14H,5-8H2,1-4H3;/q-1;;/b;12-9-;. The maximum atomic E-state index is 11.7. The average Bonchev–Trinajstić information content (AvgIpc) is 3.43. The van der Waals surface area contributed by atoms with Crippen molar-refractivity contribution < 1.29 is 30.0 Å². The first-order valence-corrected chi connectivity index (χ1v) is 16.0. The SMILES string of the molecule is CCC(CC)C(=O)/C=C(\O)C(CC)CC.Cc1nc2cc3nsnc3cc2nc1-c1[c-]c2ccccc2c(C(C)(C)C)c1.[Ir]. The van der Waals surface area contributed by atoms with Gasteiger partial charge >= 0.3 is 0 Å². The van der Waals surface area contributed by atoms with Gasteiger partial charge < -0.3 is 5.11 Å². The van der Waals surface area contributed by atoms with E-state index in [9.17, 15) is 9.90 Å². The largest absolute Gasteiger partial charge is 0.512 e. The molecule has 0 atom stereocenters. The predicted octanol–water partition coefficient (Wildman–Crippen LogP) is 9.73. The Bertz CT molecular complexity index is 1770. The van der Waals surface area contributed by atoms with Gasteiger partial charge in [0.05, 0.1) is 28.5 Å². The Morgan fingerprint density at radius 3 is 2.02 bits per heavy atom. The zero-order valence-corrected chi connectivity index (χ0v) is 30.2. The molecular formula is C36H43IrN4O2S-. The van der Waals surface area contributed by atoms with Gasteiger partial charge in [0.2, 0.25) is 0 Å². The minimum atomic E-state index is 0. The Morgan fingerprint density at radius 2 is 1.45 bits per heavy atom. The molecule has 0 spiro atoms. The summed E-state index contributed by atoms with van der Waals surface area (Å²) in [5.41, 5.74) is 7.45. The first-order valence-electron chi connectivity index (χ1n) is 15.3. The topological polar surface area (TPSA) is 88.9 Å². The molecule has 5 rings (SSSR count). The third kappa shape index (κ3) is 7.95. The summed E-state index contributed by atoms with van der Waals surface area (Å²) in [5, 5.41) is 12.1. The normalized spacial score (nSPS) is 12.1. The third-order valence-electron chi connectivity index (χ3n) is 8.13. The van der Waals surface area contributed by atoms with E-state index >= 15 is 0 Å². The maximum Gasteiger partial charge on any atom is 0.162 e. The quantitative estimate of drug-likeness (QED) is 0.0958. The summed E-state index contributed by atoms with van der Waals surface area (Å²) >= 11 is 1.21. The summed E-state index contributed by atoms with van der Waals surface area (Å²) in [6.07, 6.45) is 4.91. The molecule has 2 heterocycles. The number of rotatable bonds is 8. The number of carbonyl (C=O) groups excluding carboxylic acids is 1. The summed E-state index contributed by atoms with van der Waals surface area (Å²) in [7, 11) is 0. The molecule has 5 aromatic rings. The van der Waals surface area contributed by atoms with E-state index in [1.165, 1.54) is 28.8 Å². The molecule has 6 nitrogen and oxygen atoms in total. The molecule has 8 heteroatoms. The number of aromatic nitrogens is 4. The van der Waals surface area contributed by atoms with Crippen LogP contribution in [0, 0.1) is 24.8 Å². The number of aliphatic hydroxyl groups excluding tert-OH is 1. The molecule has 0 aliphatic heterocycles. The summed E-state index contributed by atoms with van der Waals surface area (Å²) in [6.45, 7) is 16.8. The Balaban J connectivity index is 0.000000286. The van der Waals surface area contributed by atoms with Crippen LogP contribution in [0.4, 0.5) is 0 Å². The minimum Gasteiger partial charge on any atom is -0.512 e. The second kappa shape index (κ2) is 15.3. The Morgan fingerprint density at radius 1 is 0.886 bits per heavy atom. The van der Waals surface area contributed by atoms with Crippen LogP contribution in [0.1, 0.15) is 85.4 Å². The zero-order chi connectivity index (χ0) is 31.3. The third-order valence-corrected chi connectivity index (χ3v) is 8.69. The van der Waals surface area contributed by atoms with E-state index in [-0.39, 0.29) is 48.9 Å². The van der Waals surface area contributed by atoms with E-state index in [2.05, 4.69) is 65.9 Å². The summed E-state index contributed by atoms with van der Waals surface area (Å²) in [6, 6.07) is 18.1. The molecule has 0 saturated heterocycles. The molecule has 1 N–H and O–H groups in total. The van der Waals surface area contributed by atoms with E-state index in [0.29, 0.717) is 0 Å². The fourth-order valence-corrected chi connectivity index (χ4v) is 5.95. The number of hydrogen-bond acceptors (Lipinski definition) is 7. The van der Waals surface area contributed by atoms with Crippen LogP contribution >= 0.6 is 11.7 Å². The van der Waals surface area contributed by atoms with Gasteiger partial charge in [-0.2, -0.15) is 8.75 Å². The minimum absolute atomic E-state index is 0. The van der Waals surface area contributed by atoms with E-state index in [1.54, 1.807) is 0 Å². The molecule has 3 aromatic carbocycles. The first kappa shape index (κ1) is 35.4. The second-order valence-electron chi connectivity index (χ2n) is 12.1. The van der Waals surface area contributed by atoms with Crippen LogP contribution in [0.3, 0.4) is 0 Å². The molecule has 2 aromatic heterocycles. The van der Waals surface area contributed by atoms with Crippen molar-refractivity contribution in [2.24, 2.45) is 11.8 Å². The van der Waals surface area contributed by atoms with Gasteiger partial charge in [0.15, 0.2) is 5.78 Å². The van der Waals surface area contributed by atoms with Crippen LogP contribution in [0.25, 0.3) is 44.1 Å². The van der Waals surface area contributed by atoms with Crippen LogP contribution < -0.4 is 0 Å². The number of hydrogen-bond donors (Lipinski definition) is 1. The number of benzene rings is 3. The van der Waals surface area contributed by atoms with Crippen molar-refractivity contribution >= 4 is 50.4 Å². The monoisotopic (exact) mass is 788 g/mol. The summed E-state index contributed by atoms with van der Waals surface area (Å²) in [4.78, 5) is 21.5. The number of aryl methyl sites for hydroxylation is 1. The van der Waals surface area contributed by atoms with E-state index in [0.717, 1.165) is 70.1 Å². The second-order valence-corrected chi connectivity index (χ2v) is 12.7. The fraction of sp³-hybridized carbons (Fsp3) is 0.417. The van der Waals surface area contributed by atoms with Crippen molar-refractivity contribution in [3.05, 3.63) is 71.6 Å². The van der Waals surface area contributed by atoms with Crippen molar-refractivity contribution in [2.75, 3.05) is 0 Å². The number of fused-ring (bicyclic) bond motifs is 3. The number of nitrogens with zero attached hydrogens (tertiary/aromatic N) is 4. The van der Waals surface area contributed by atoms with Crippen molar-refractivity contribution in [1.29, 1.82) is 0 Å². The fourth-order valence-electron chi connectivity index (χ4n) is 5.44. The number of allylic oxidation sites excluding steroid dienone is 2. The van der Waals surface area contributed by atoms with Crippen LogP contribution in [-0.2, 0) is 30.3 Å². The van der Waals surface area contributed by atoms with Crippen LogP contribution in [0.15, 0.2) is 54.3 Å². The average molecular weight is 788 g/mol. The summed E-state index contributed by atoms with van der Waals surface area (Å²) < 4.78 is 8.64. The molecule has 0 aliphatic carbocycles. The first-order chi connectivity index (χ1) is 20.5.